The van der Waals surface area contributed by atoms with Gasteiger partial charge in [-0.2, -0.15) is 0 Å². The first kappa shape index (κ1) is 11.5. The third-order valence-electron chi connectivity index (χ3n) is 3.68. The molecule has 4 heteroatoms. The van der Waals surface area contributed by atoms with Gasteiger partial charge in [0.25, 0.3) is 0 Å². The molecular weight excluding hydrogens is 231 g/mol. The van der Waals surface area contributed by atoms with E-state index in [1.54, 1.807) is 18.2 Å². The zero-order chi connectivity index (χ0) is 12.5. The van der Waals surface area contributed by atoms with Gasteiger partial charge in [0.05, 0.1) is 5.69 Å². The Hall–Kier alpha value is -1.58. The summed E-state index contributed by atoms with van der Waals surface area (Å²) in [6.45, 7) is 0. The van der Waals surface area contributed by atoms with Crippen LogP contribution in [0.3, 0.4) is 0 Å². The molecule has 0 bridgehead atoms. The summed E-state index contributed by atoms with van der Waals surface area (Å²) in [5.74, 6) is 0.884. The summed E-state index contributed by atoms with van der Waals surface area (Å²) in [5, 5.41) is 5.58. The Bertz CT molecular complexity index is 443. The molecule has 0 heterocycles. The Morgan fingerprint density at radius 2 is 1.78 bits per heavy atom. The summed E-state index contributed by atoms with van der Waals surface area (Å²) in [7, 11) is 0. The number of amides is 2. The van der Waals surface area contributed by atoms with E-state index in [1.165, 1.54) is 31.7 Å². The lowest BCUT2D eigenvalue weighted by Crippen LogP contribution is -2.40. The van der Waals surface area contributed by atoms with E-state index < -0.39 is 5.82 Å². The Labute approximate surface area is 106 Å². The summed E-state index contributed by atoms with van der Waals surface area (Å²) >= 11 is 0. The molecule has 2 saturated carbocycles. The van der Waals surface area contributed by atoms with E-state index in [2.05, 4.69) is 10.6 Å². The van der Waals surface area contributed by atoms with Gasteiger partial charge in [0.1, 0.15) is 5.82 Å². The number of carbonyl (C=O) groups excluding carboxylic acids is 1. The number of rotatable bonds is 4. The van der Waals surface area contributed by atoms with Crippen LogP contribution in [-0.2, 0) is 0 Å². The summed E-state index contributed by atoms with van der Waals surface area (Å²) in [6, 6.07) is 6.22. The van der Waals surface area contributed by atoms with E-state index in [4.69, 9.17) is 0 Å². The van der Waals surface area contributed by atoms with Crippen LogP contribution in [0, 0.1) is 17.7 Å². The second-order valence-electron chi connectivity index (χ2n) is 5.28. The number of para-hydroxylation sites is 1. The molecule has 3 rings (SSSR count). The van der Waals surface area contributed by atoms with Crippen LogP contribution in [0.15, 0.2) is 24.3 Å². The van der Waals surface area contributed by atoms with Crippen molar-refractivity contribution in [1.29, 1.82) is 0 Å². The topological polar surface area (TPSA) is 41.1 Å². The van der Waals surface area contributed by atoms with Crippen LogP contribution in [0.2, 0.25) is 0 Å². The fraction of sp³-hybridized carbons (Fsp3) is 0.500. The maximum absolute atomic E-state index is 13.4. The predicted molar refractivity (Wildman–Crippen MR) is 67.8 cm³/mol. The molecule has 2 amide bonds. The van der Waals surface area contributed by atoms with Gasteiger partial charge in [-0.15, -0.1) is 0 Å². The predicted octanol–water partition coefficient (Wildman–Crippen LogP) is 3.14. The van der Waals surface area contributed by atoms with Gasteiger partial charge in [0, 0.05) is 6.04 Å². The highest BCUT2D eigenvalue weighted by atomic mass is 19.1. The summed E-state index contributed by atoms with van der Waals surface area (Å²) in [4.78, 5) is 11.9. The number of hydrogen-bond donors (Lipinski definition) is 2. The Balaban J connectivity index is 1.59. The van der Waals surface area contributed by atoms with Crippen LogP contribution in [0.5, 0.6) is 0 Å². The fourth-order valence-electron chi connectivity index (χ4n) is 2.40. The van der Waals surface area contributed by atoms with Crippen molar-refractivity contribution in [1.82, 2.24) is 5.32 Å². The highest BCUT2D eigenvalue weighted by Gasteiger charge is 2.42. The Morgan fingerprint density at radius 3 is 2.33 bits per heavy atom. The van der Waals surface area contributed by atoms with Crippen molar-refractivity contribution < 1.29 is 9.18 Å². The second-order valence-corrected chi connectivity index (χ2v) is 5.28. The van der Waals surface area contributed by atoms with E-state index in [0.717, 1.165) is 0 Å². The van der Waals surface area contributed by atoms with Gasteiger partial charge in [-0.1, -0.05) is 12.1 Å². The minimum absolute atomic E-state index is 0.236. The lowest BCUT2D eigenvalue weighted by molar-refractivity contribution is 0.244. The second kappa shape index (κ2) is 4.59. The molecule has 0 aliphatic heterocycles. The molecule has 1 aromatic rings. The molecular formula is C14H17FN2O. The average Bonchev–Trinajstić information content (AvgIpc) is 3.22. The summed E-state index contributed by atoms with van der Waals surface area (Å²) in [5.41, 5.74) is 0.236. The average molecular weight is 248 g/mol. The van der Waals surface area contributed by atoms with Crippen LogP contribution in [0.25, 0.3) is 0 Å². The smallest absolute Gasteiger partial charge is 0.319 e. The lowest BCUT2D eigenvalue weighted by Gasteiger charge is -2.18. The summed E-state index contributed by atoms with van der Waals surface area (Å²) < 4.78 is 13.4. The van der Waals surface area contributed by atoms with Crippen molar-refractivity contribution in [2.45, 2.75) is 31.7 Å². The minimum Gasteiger partial charge on any atom is -0.335 e. The molecule has 2 aliphatic rings. The van der Waals surface area contributed by atoms with Crippen molar-refractivity contribution in [3.63, 3.8) is 0 Å². The molecule has 0 radical (unpaired) electrons. The SMILES string of the molecule is O=C(Nc1ccccc1F)NC(C1CC1)C1CC1. The third kappa shape index (κ3) is 2.63. The normalized spacial score (nSPS) is 18.8. The summed E-state index contributed by atoms with van der Waals surface area (Å²) in [6.07, 6.45) is 4.84. The number of halogens is 1. The number of carbonyl (C=O) groups is 1. The third-order valence-corrected chi connectivity index (χ3v) is 3.68. The van der Waals surface area contributed by atoms with E-state index >= 15 is 0 Å². The zero-order valence-corrected chi connectivity index (χ0v) is 10.2. The molecule has 2 aliphatic carbocycles. The molecule has 2 fully saturated rings. The first-order valence-corrected chi connectivity index (χ1v) is 6.56. The standard InChI is InChI=1S/C14H17FN2O/c15-11-3-1-2-4-12(11)16-14(18)17-13(9-5-6-9)10-7-8-10/h1-4,9-10,13H,5-8H2,(H2,16,17,18). The van der Waals surface area contributed by atoms with Gasteiger partial charge in [0.15, 0.2) is 0 Å². The lowest BCUT2D eigenvalue weighted by atomic mass is 10.1. The first-order valence-electron chi connectivity index (χ1n) is 6.56. The van der Waals surface area contributed by atoms with Crippen LogP contribution in [-0.4, -0.2) is 12.1 Å². The van der Waals surface area contributed by atoms with Gasteiger partial charge in [0.2, 0.25) is 0 Å². The van der Waals surface area contributed by atoms with Crippen molar-refractivity contribution in [3.05, 3.63) is 30.1 Å². The number of nitrogens with one attached hydrogen (secondary N) is 2. The van der Waals surface area contributed by atoms with E-state index in [-0.39, 0.29) is 17.8 Å². The number of urea groups is 1. The molecule has 0 spiro atoms. The van der Waals surface area contributed by atoms with Gasteiger partial charge in [-0.05, 0) is 49.7 Å². The highest BCUT2D eigenvalue weighted by Crippen LogP contribution is 2.44. The molecule has 1 aromatic carbocycles. The quantitative estimate of drug-likeness (QED) is 0.844. The van der Waals surface area contributed by atoms with Crippen molar-refractivity contribution in [2.75, 3.05) is 5.32 Å². The maximum atomic E-state index is 13.4. The van der Waals surface area contributed by atoms with Crippen LogP contribution < -0.4 is 10.6 Å². The number of benzene rings is 1. The van der Waals surface area contributed by atoms with Crippen molar-refractivity contribution in [2.24, 2.45) is 11.8 Å². The first-order chi connectivity index (χ1) is 8.74. The highest BCUT2D eigenvalue weighted by molar-refractivity contribution is 5.89. The molecule has 0 atom stereocenters. The Kier molecular flexibility index (Phi) is 2.94. The molecule has 0 aromatic heterocycles. The number of hydrogen-bond acceptors (Lipinski definition) is 1. The fourth-order valence-corrected chi connectivity index (χ4v) is 2.40. The van der Waals surface area contributed by atoms with E-state index in [9.17, 15) is 9.18 Å². The van der Waals surface area contributed by atoms with Gasteiger partial charge < -0.3 is 10.6 Å². The maximum Gasteiger partial charge on any atom is 0.319 e. The largest absolute Gasteiger partial charge is 0.335 e. The number of anilines is 1. The van der Waals surface area contributed by atoms with Crippen LogP contribution in [0.1, 0.15) is 25.7 Å². The van der Waals surface area contributed by atoms with E-state index in [1.807, 2.05) is 0 Å². The molecule has 0 unspecified atom stereocenters. The van der Waals surface area contributed by atoms with Gasteiger partial charge in [-0.3, -0.25) is 0 Å². The van der Waals surface area contributed by atoms with Gasteiger partial charge >= 0.3 is 6.03 Å². The molecule has 3 nitrogen and oxygen atoms in total. The molecule has 2 N–H and O–H groups in total. The van der Waals surface area contributed by atoms with Crippen LogP contribution >= 0.6 is 0 Å². The van der Waals surface area contributed by atoms with Crippen molar-refractivity contribution >= 4 is 11.7 Å². The molecule has 96 valence electrons. The van der Waals surface area contributed by atoms with Crippen molar-refractivity contribution in [3.8, 4) is 0 Å². The zero-order valence-electron chi connectivity index (χ0n) is 10.2. The molecule has 0 saturated heterocycles. The van der Waals surface area contributed by atoms with E-state index in [0.29, 0.717) is 11.8 Å². The minimum atomic E-state index is -0.401. The monoisotopic (exact) mass is 248 g/mol. The van der Waals surface area contributed by atoms with Gasteiger partial charge in [-0.25, -0.2) is 9.18 Å². The van der Waals surface area contributed by atoms with Crippen LogP contribution in [0.4, 0.5) is 14.9 Å². The Morgan fingerprint density at radius 1 is 1.17 bits per heavy atom. The molecule has 18 heavy (non-hydrogen) atoms.